The molecule has 15 atom stereocenters. The van der Waals surface area contributed by atoms with E-state index in [1.165, 1.54) is 41.5 Å². The molecular formula is C73H119N7O36. The molecule has 3 fully saturated rings. The Morgan fingerprint density at radius 2 is 0.526 bits per heavy atom. The van der Waals surface area contributed by atoms with Gasteiger partial charge in [-0.15, -0.1) is 0 Å². The third-order valence-corrected chi connectivity index (χ3v) is 16.3. The van der Waals surface area contributed by atoms with Crippen LogP contribution in [0.15, 0.2) is 0 Å². The molecule has 15 unspecified atom stereocenters. The van der Waals surface area contributed by atoms with Crippen LogP contribution in [-0.4, -0.2) is 325 Å². The van der Waals surface area contributed by atoms with E-state index in [1.807, 2.05) is 0 Å². The number of carbonyl (C=O) groups excluding carboxylic acids is 15. The number of nitrogens with two attached hydrogens (primary N) is 1. The van der Waals surface area contributed by atoms with Gasteiger partial charge in [-0.3, -0.25) is 71.9 Å². The smallest absolute Gasteiger partial charge is 0.303 e. The second-order valence-electron chi connectivity index (χ2n) is 27.1. The van der Waals surface area contributed by atoms with Crippen molar-refractivity contribution in [3.05, 3.63) is 0 Å². The highest BCUT2D eigenvalue weighted by Gasteiger charge is 2.54. The van der Waals surface area contributed by atoms with Crippen LogP contribution in [0, 0.1) is 0 Å². The highest BCUT2D eigenvalue weighted by atomic mass is 16.7. The summed E-state index contributed by atoms with van der Waals surface area (Å²) in [6.07, 6.45) is -12.7. The number of ether oxygens (including phenoxy) is 21. The predicted octanol–water partition coefficient (Wildman–Crippen LogP) is -2.34. The summed E-state index contributed by atoms with van der Waals surface area (Å²) >= 11 is 0. The van der Waals surface area contributed by atoms with Crippen molar-refractivity contribution in [3.8, 4) is 0 Å². The molecule has 116 heavy (non-hydrogen) atoms. The first-order chi connectivity index (χ1) is 55.1. The maximum atomic E-state index is 12.9. The Morgan fingerprint density at radius 3 is 0.750 bits per heavy atom. The van der Waals surface area contributed by atoms with E-state index in [0.29, 0.717) is 38.5 Å². The maximum Gasteiger partial charge on any atom is 0.303 e. The van der Waals surface area contributed by atoms with Crippen molar-refractivity contribution in [3.63, 3.8) is 0 Å². The van der Waals surface area contributed by atoms with E-state index in [0.717, 1.165) is 41.5 Å². The SMILES string of the molecule is CC(=O)NC1C(OCCCOCCCNC(=O)CCOCC(N)(COCCC(=O)NCCCOCCCOC2OC(COC(C)=O)C(OC(C)=O)C(OC(C)=O)C2NC(C)=O)COCCC(=O)NCCCOCCCOC2OC(COC(C)=O)C(OC(C)=O)C(OC(C)=O)C2NC(C)=O)OC(COC(C)=O)C(OC(C)=O)C1OC(C)=O. The summed E-state index contributed by atoms with van der Waals surface area (Å²) in [5.74, 6) is -9.05. The molecule has 662 valence electrons. The lowest BCUT2D eigenvalue weighted by Gasteiger charge is -2.44. The fourth-order valence-electron chi connectivity index (χ4n) is 11.6. The second kappa shape index (κ2) is 56.8. The molecule has 3 rings (SSSR count). The summed E-state index contributed by atoms with van der Waals surface area (Å²) < 4.78 is 119. The molecule has 3 saturated heterocycles. The Hall–Kier alpha value is -8.47. The first-order valence-corrected chi connectivity index (χ1v) is 38.2. The second-order valence-corrected chi connectivity index (χ2v) is 27.1. The van der Waals surface area contributed by atoms with Gasteiger partial charge in [0.15, 0.2) is 55.5 Å². The lowest BCUT2D eigenvalue weighted by atomic mass is 9.96. The average molecular weight is 1670 g/mol. The number of carbonyl (C=O) groups is 15. The number of esters is 9. The van der Waals surface area contributed by atoms with Crippen molar-refractivity contribution >= 4 is 89.2 Å². The highest BCUT2D eigenvalue weighted by molar-refractivity contribution is 5.78. The Labute approximate surface area is 672 Å². The number of hydrogen-bond acceptors (Lipinski definition) is 37. The molecule has 3 heterocycles. The van der Waals surface area contributed by atoms with Crippen LogP contribution >= 0.6 is 0 Å². The summed E-state index contributed by atoms with van der Waals surface area (Å²) in [4.78, 5) is 183. The molecule has 0 aliphatic carbocycles. The zero-order valence-corrected chi connectivity index (χ0v) is 68.1. The van der Waals surface area contributed by atoms with Crippen molar-refractivity contribution in [2.24, 2.45) is 5.73 Å². The molecule has 0 aromatic heterocycles. The van der Waals surface area contributed by atoms with Crippen LogP contribution < -0.4 is 37.6 Å². The van der Waals surface area contributed by atoms with E-state index in [1.54, 1.807) is 0 Å². The van der Waals surface area contributed by atoms with Crippen molar-refractivity contribution < 1.29 is 171 Å². The zero-order chi connectivity index (χ0) is 86.1. The van der Waals surface area contributed by atoms with Gasteiger partial charge in [-0.2, -0.15) is 0 Å². The van der Waals surface area contributed by atoms with Gasteiger partial charge in [0.2, 0.25) is 35.4 Å². The van der Waals surface area contributed by atoms with Crippen molar-refractivity contribution in [2.75, 3.05) is 139 Å². The fraction of sp³-hybridized carbons (Fsp3) is 0.795. The van der Waals surface area contributed by atoms with Crippen molar-refractivity contribution in [1.82, 2.24) is 31.9 Å². The van der Waals surface area contributed by atoms with Gasteiger partial charge in [-0.25, -0.2) is 0 Å². The molecule has 0 bridgehead atoms. The molecule has 0 aromatic rings. The summed E-state index contributed by atoms with van der Waals surface area (Å²) in [5, 5.41) is 16.3. The third kappa shape index (κ3) is 43.7. The van der Waals surface area contributed by atoms with E-state index in [2.05, 4.69) is 31.9 Å². The van der Waals surface area contributed by atoms with Crippen molar-refractivity contribution in [1.29, 1.82) is 0 Å². The van der Waals surface area contributed by atoms with Crippen LogP contribution in [-0.2, 0) is 171 Å². The highest BCUT2D eigenvalue weighted by Crippen LogP contribution is 2.32. The molecule has 6 amide bonds. The van der Waals surface area contributed by atoms with Crippen LogP contribution in [0.2, 0.25) is 0 Å². The summed E-state index contributed by atoms with van der Waals surface area (Å²) in [5.41, 5.74) is 5.44. The van der Waals surface area contributed by atoms with Gasteiger partial charge in [0.05, 0.1) is 65.0 Å². The van der Waals surface area contributed by atoms with Crippen LogP contribution in [0.3, 0.4) is 0 Å². The van der Waals surface area contributed by atoms with Crippen molar-refractivity contribution in [2.45, 2.75) is 238 Å². The molecule has 0 saturated carbocycles. The molecule has 43 nitrogen and oxygen atoms in total. The van der Waals surface area contributed by atoms with Gasteiger partial charge in [-0.05, 0) is 38.5 Å². The first-order valence-electron chi connectivity index (χ1n) is 38.2. The van der Waals surface area contributed by atoms with Gasteiger partial charge >= 0.3 is 53.7 Å². The molecule has 3 aliphatic rings. The van der Waals surface area contributed by atoms with E-state index in [-0.39, 0.29) is 176 Å². The minimum Gasteiger partial charge on any atom is -0.463 e. The van der Waals surface area contributed by atoms with E-state index < -0.39 is 169 Å². The van der Waals surface area contributed by atoms with Gasteiger partial charge in [0, 0.05) is 162 Å². The Balaban J connectivity index is 1.48. The topological polar surface area (TPSA) is 548 Å². The van der Waals surface area contributed by atoms with Gasteiger partial charge in [0.25, 0.3) is 0 Å². The zero-order valence-electron chi connectivity index (χ0n) is 68.1. The number of amides is 6. The summed E-state index contributed by atoms with van der Waals surface area (Å²) in [6.45, 7) is 14.3. The van der Waals surface area contributed by atoms with Crippen LogP contribution in [0.5, 0.6) is 0 Å². The first kappa shape index (κ1) is 102. The molecule has 0 aromatic carbocycles. The van der Waals surface area contributed by atoms with Gasteiger partial charge < -0.3 is 137 Å². The quantitative estimate of drug-likeness (QED) is 0.0191. The van der Waals surface area contributed by atoms with Gasteiger partial charge in [0.1, 0.15) is 56.3 Å². The van der Waals surface area contributed by atoms with Crippen LogP contribution in [0.4, 0.5) is 0 Å². The summed E-state index contributed by atoms with van der Waals surface area (Å²) in [6, 6.07) is -3.40. The van der Waals surface area contributed by atoms with E-state index in [9.17, 15) is 71.9 Å². The molecule has 0 radical (unpaired) electrons. The maximum absolute atomic E-state index is 12.9. The number of rotatable bonds is 57. The summed E-state index contributed by atoms with van der Waals surface area (Å²) in [7, 11) is 0. The molecule has 0 spiro atoms. The largest absolute Gasteiger partial charge is 0.463 e. The third-order valence-electron chi connectivity index (χ3n) is 16.3. The number of nitrogens with one attached hydrogen (secondary N) is 6. The van der Waals surface area contributed by atoms with Gasteiger partial charge in [-0.1, -0.05) is 0 Å². The predicted molar refractivity (Wildman–Crippen MR) is 392 cm³/mol. The lowest BCUT2D eigenvalue weighted by molar-refractivity contribution is -0.278. The van der Waals surface area contributed by atoms with Crippen LogP contribution in [0.1, 0.15) is 141 Å². The monoisotopic (exact) mass is 1670 g/mol. The fourth-order valence-corrected chi connectivity index (χ4v) is 11.6. The Morgan fingerprint density at radius 1 is 0.293 bits per heavy atom. The Kier molecular flexibility index (Phi) is 49.8. The lowest BCUT2D eigenvalue weighted by Crippen LogP contribution is -2.66. The van der Waals surface area contributed by atoms with E-state index in [4.69, 9.17) is 105 Å². The minimum atomic E-state index is -1.32. The molecular weight excluding hydrogens is 1550 g/mol. The molecule has 3 aliphatic heterocycles. The minimum absolute atomic E-state index is 0.0264. The number of hydrogen-bond donors (Lipinski definition) is 7. The Bertz CT molecular complexity index is 2790. The normalized spacial score (nSPS) is 23.4. The molecule has 8 N–H and O–H groups in total. The van der Waals surface area contributed by atoms with Crippen LogP contribution in [0.25, 0.3) is 0 Å². The standard InChI is InChI=1S/C73H119N7O36/c1-43(81)78-61-67(111-52(10)90)64(108-49(7)87)55(37-105-46(4)84)114-70(61)102-31-16-28-96-25-13-22-75-58(93)19-34-99-40-73(74,41-100-35-20-59(94)76-23-14-26-97-29-17-32-103-71-62(79-44(2)82)68(112-53(11)91)65(109-50(8)88)56(115-71)38-106-47(5)85)42-101-36-21-60(95)77-24-15-27-98-30-18-33-104-72-63(80-45(3)83)69(113-54(12)92)66(110-51(9)89)57(116-72)39-107-48(6)86/h55-57,61-72H,13-42,74H2,1-12H3,(H,75,93)(H,76,94)(H,77,95)(H,78,81)(H,79,82)(H,80,83). The van der Waals surface area contributed by atoms with E-state index >= 15 is 0 Å². The molecule has 43 heteroatoms. The average Bonchev–Trinajstić information content (AvgIpc) is 0.798.